The summed E-state index contributed by atoms with van der Waals surface area (Å²) in [7, 11) is 13.4. The minimum atomic E-state index is -3.50. The number of fused-ring (bicyclic) bond motifs is 3. The fourth-order valence-corrected chi connectivity index (χ4v) is 4.04. The van der Waals surface area contributed by atoms with Crippen molar-refractivity contribution in [3.63, 3.8) is 0 Å². The van der Waals surface area contributed by atoms with Gasteiger partial charge in [-0.05, 0) is 38.0 Å². The Bertz CT molecular complexity index is 1290. The summed E-state index contributed by atoms with van der Waals surface area (Å²) in [5.41, 5.74) is -6.52. The van der Waals surface area contributed by atoms with Gasteiger partial charge in [-0.15, -0.1) is 0 Å². The Balaban J connectivity index is 2.25. The van der Waals surface area contributed by atoms with E-state index in [1.807, 2.05) is 25.8 Å². The third-order valence-electron chi connectivity index (χ3n) is 6.86. The molecule has 0 saturated heterocycles. The lowest BCUT2D eigenvalue weighted by Gasteiger charge is -2.46. The molecular formula is C24H30B2N2O10. The number of aliphatic hydroxyl groups is 4. The zero-order chi connectivity index (χ0) is 28.8. The minimum Gasteiger partial charge on any atom is -0.477 e. The van der Waals surface area contributed by atoms with Crippen LogP contribution in [0.2, 0.25) is 0 Å². The Kier molecular flexibility index (Phi) is 7.83. The van der Waals surface area contributed by atoms with Crippen molar-refractivity contribution in [2.24, 2.45) is 0 Å². The number of hydrogen-bond donors (Lipinski definition) is 5. The van der Waals surface area contributed by atoms with E-state index in [1.54, 1.807) is 10.7 Å². The first-order valence-electron chi connectivity index (χ1n) is 11.6. The summed E-state index contributed by atoms with van der Waals surface area (Å²) in [6, 6.07) is 4.28. The zero-order valence-electron chi connectivity index (χ0n) is 21.8. The summed E-state index contributed by atoms with van der Waals surface area (Å²) in [5.74, 6) is -4.99. The number of carboxylic acid groups (broad SMARTS) is 1. The van der Waals surface area contributed by atoms with Gasteiger partial charge in [0.15, 0.2) is 24.5 Å². The van der Waals surface area contributed by atoms with E-state index in [4.69, 9.17) is 25.2 Å². The lowest BCUT2D eigenvalue weighted by molar-refractivity contribution is -0.411. The van der Waals surface area contributed by atoms with Gasteiger partial charge in [-0.3, -0.25) is 9.47 Å². The molecule has 1 aromatic carbocycles. The van der Waals surface area contributed by atoms with Crippen LogP contribution in [-0.2, 0) is 22.6 Å². The molecule has 0 aliphatic carbocycles. The molecular weight excluding hydrogens is 498 g/mol. The molecule has 2 aromatic rings. The zero-order valence-corrected chi connectivity index (χ0v) is 21.8. The van der Waals surface area contributed by atoms with E-state index in [1.165, 1.54) is 25.4 Å². The van der Waals surface area contributed by atoms with Gasteiger partial charge in [0, 0.05) is 37.6 Å². The van der Waals surface area contributed by atoms with Gasteiger partial charge in [0.05, 0.1) is 24.4 Å². The smallest absolute Gasteiger partial charge is 0.341 e. The lowest BCUT2D eigenvalue weighted by Crippen LogP contribution is -2.72. The van der Waals surface area contributed by atoms with Crippen LogP contribution in [0.1, 0.15) is 48.7 Å². The van der Waals surface area contributed by atoms with Gasteiger partial charge in [-0.25, -0.2) is 4.79 Å². The average Bonchev–Trinajstić information content (AvgIpc) is 2.83. The second-order valence-corrected chi connectivity index (χ2v) is 9.74. The van der Waals surface area contributed by atoms with Crippen LogP contribution in [0, 0.1) is 0 Å². The normalized spacial score (nSPS) is 16.7. The number of rotatable bonds is 10. The van der Waals surface area contributed by atoms with Gasteiger partial charge in [-0.2, -0.15) is 0 Å². The largest absolute Gasteiger partial charge is 0.477 e. The second kappa shape index (κ2) is 10.0. The quantitative estimate of drug-likeness (QED) is 0.196. The van der Waals surface area contributed by atoms with E-state index < -0.39 is 39.7 Å². The number of benzene rings is 1. The number of hydrogen-bond acceptors (Lipinski definition) is 10. The van der Waals surface area contributed by atoms with Crippen molar-refractivity contribution in [1.29, 1.82) is 0 Å². The van der Waals surface area contributed by atoms with Gasteiger partial charge in [0.25, 0.3) is 0 Å². The number of carbonyl (C=O) groups is 1. The first-order valence-corrected chi connectivity index (χ1v) is 11.6. The van der Waals surface area contributed by atoms with Gasteiger partial charge < -0.3 is 44.8 Å². The first-order chi connectivity index (χ1) is 17.4. The van der Waals surface area contributed by atoms with Crippen molar-refractivity contribution in [2.45, 2.75) is 63.0 Å². The van der Waals surface area contributed by atoms with E-state index in [0.29, 0.717) is 23.2 Å². The van der Waals surface area contributed by atoms with Gasteiger partial charge >= 0.3 is 11.9 Å². The predicted molar refractivity (Wildman–Crippen MR) is 136 cm³/mol. The van der Waals surface area contributed by atoms with Crippen LogP contribution < -0.4 is 15.2 Å². The Morgan fingerprint density at radius 2 is 1.74 bits per heavy atom. The molecule has 0 fully saturated rings. The SMILES string of the molecule is [B]C(O)(Oc1cc2c(cc1COC)-c1cc(=O)c(C(=O)O)cn1N(C(C)(C)CC)C2)C([B])(O)C(O)(O)OC. The third-order valence-corrected chi connectivity index (χ3v) is 6.86. The molecule has 1 aliphatic heterocycles. The maximum Gasteiger partial charge on any atom is 0.341 e. The highest BCUT2D eigenvalue weighted by Gasteiger charge is 2.58. The van der Waals surface area contributed by atoms with Gasteiger partial charge in [0.2, 0.25) is 0 Å². The van der Waals surface area contributed by atoms with Crippen molar-refractivity contribution in [2.75, 3.05) is 19.2 Å². The molecule has 0 saturated carbocycles. The Morgan fingerprint density at radius 3 is 2.26 bits per heavy atom. The molecule has 4 radical (unpaired) electrons. The van der Waals surface area contributed by atoms with Crippen molar-refractivity contribution in [1.82, 2.24) is 4.68 Å². The lowest BCUT2D eigenvalue weighted by atomic mass is 9.64. The Hall–Kier alpha value is -2.87. The summed E-state index contributed by atoms with van der Waals surface area (Å²) < 4.78 is 16.6. The van der Waals surface area contributed by atoms with Crippen LogP contribution >= 0.6 is 0 Å². The highest BCUT2D eigenvalue weighted by atomic mass is 16.8. The van der Waals surface area contributed by atoms with Crippen LogP contribution in [0.15, 0.2) is 29.2 Å². The molecule has 1 aliphatic rings. The monoisotopic (exact) mass is 528 g/mol. The number of carboxylic acids is 1. The van der Waals surface area contributed by atoms with E-state index >= 15 is 0 Å². The average molecular weight is 528 g/mol. The van der Waals surface area contributed by atoms with E-state index in [-0.39, 0.29) is 24.5 Å². The number of pyridine rings is 1. The highest BCUT2D eigenvalue weighted by molar-refractivity contribution is 6.25. The summed E-state index contributed by atoms with van der Waals surface area (Å²) in [6.45, 7) is 5.94. The van der Waals surface area contributed by atoms with Gasteiger partial charge in [-0.1, -0.05) is 6.92 Å². The summed E-state index contributed by atoms with van der Waals surface area (Å²) in [6.07, 6.45) is 1.93. The summed E-state index contributed by atoms with van der Waals surface area (Å²) in [5, 5.41) is 52.3. The number of aromatic nitrogens is 1. The number of nitrogens with zero attached hydrogens (tertiary/aromatic N) is 2. The Labute approximate surface area is 221 Å². The summed E-state index contributed by atoms with van der Waals surface area (Å²) >= 11 is 0. The third kappa shape index (κ3) is 4.95. The summed E-state index contributed by atoms with van der Waals surface area (Å²) in [4.78, 5) is 24.3. The molecule has 3 rings (SSSR count). The first kappa shape index (κ1) is 29.7. The van der Waals surface area contributed by atoms with Crippen LogP contribution in [-0.4, -0.2) is 88.8 Å². The fourth-order valence-electron chi connectivity index (χ4n) is 4.04. The van der Waals surface area contributed by atoms with Crippen LogP contribution in [0.3, 0.4) is 0 Å². The van der Waals surface area contributed by atoms with E-state index in [0.717, 1.165) is 7.11 Å². The molecule has 0 spiro atoms. The number of methoxy groups -OCH3 is 2. The molecule has 2 heterocycles. The molecule has 14 heteroatoms. The van der Waals surface area contributed by atoms with Crippen LogP contribution in [0.25, 0.3) is 11.3 Å². The molecule has 0 bridgehead atoms. The number of ether oxygens (including phenoxy) is 3. The van der Waals surface area contributed by atoms with Crippen molar-refractivity contribution in [3.8, 4) is 17.0 Å². The molecule has 2 atom stereocenters. The van der Waals surface area contributed by atoms with Crippen molar-refractivity contribution >= 4 is 21.7 Å². The maximum absolute atomic E-state index is 12.7. The molecule has 12 nitrogen and oxygen atoms in total. The fraction of sp³-hybridized carbons (Fsp3) is 0.500. The van der Waals surface area contributed by atoms with E-state index in [2.05, 4.69) is 4.74 Å². The molecule has 1 aromatic heterocycles. The minimum absolute atomic E-state index is 0.100. The van der Waals surface area contributed by atoms with Gasteiger partial charge in [0.1, 0.15) is 19.2 Å². The molecule has 2 unspecified atom stereocenters. The number of aromatic carboxylic acids is 1. The molecule has 5 N–H and O–H groups in total. The van der Waals surface area contributed by atoms with Crippen LogP contribution in [0.5, 0.6) is 5.75 Å². The van der Waals surface area contributed by atoms with E-state index in [9.17, 15) is 35.1 Å². The highest BCUT2D eigenvalue weighted by Crippen LogP contribution is 2.39. The topological polar surface area (TPSA) is 171 Å². The molecule has 202 valence electrons. The van der Waals surface area contributed by atoms with Crippen LogP contribution in [0.4, 0.5) is 0 Å². The Morgan fingerprint density at radius 1 is 1.11 bits per heavy atom. The second-order valence-electron chi connectivity index (χ2n) is 9.74. The molecule has 0 amide bonds. The van der Waals surface area contributed by atoms with Crippen molar-refractivity contribution < 1.29 is 44.5 Å². The maximum atomic E-state index is 12.7. The standard InChI is InChI=1S/C24H30B2N2O10/c1-6-21(2,3)28-10-13-8-19(38-23(26,33)22(25,32)24(34,35)37-5)14(12-36-4)7-15(13)17-9-18(29)16(20(30)31)11-27(17)28/h7-9,11,32-35H,6,10,12H2,1-5H3,(H,30,31). The van der Waals surface area contributed by atoms with Crippen molar-refractivity contribution in [3.05, 3.63) is 51.3 Å². The predicted octanol–water partition coefficient (Wildman–Crippen LogP) is -0.665. The molecule has 38 heavy (non-hydrogen) atoms.